The van der Waals surface area contributed by atoms with Crippen LogP contribution in [0.5, 0.6) is 0 Å². The van der Waals surface area contributed by atoms with Crippen LogP contribution in [-0.2, 0) is 6.54 Å². The topological polar surface area (TPSA) is 68.1 Å². The van der Waals surface area contributed by atoms with Gasteiger partial charge in [-0.1, -0.05) is 59.8 Å². The second-order valence-corrected chi connectivity index (χ2v) is 8.63. The van der Waals surface area contributed by atoms with Crippen molar-refractivity contribution in [2.75, 3.05) is 12.3 Å². The first kappa shape index (κ1) is 21.3. The third-order valence-electron chi connectivity index (χ3n) is 5.60. The third kappa shape index (κ3) is 4.56. The fourth-order valence-corrected chi connectivity index (χ4v) is 4.83. The standard InChI is InChI=1S/C24H26N4O2S/c1-3-27-22(25-26-24(27)31-16-21(29)18-8-5-4-6-9-18)20-10-7-15-28(20)23(30)19-13-11-17(2)12-14-19/h4-6,8-9,11-14,20H,3,7,10,15-16H2,1-2H3. The molecule has 1 aliphatic heterocycles. The molecule has 1 amide bonds. The summed E-state index contributed by atoms with van der Waals surface area (Å²) in [4.78, 5) is 27.5. The number of Topliss-reactive ketones (excluding diaryl/α,β-unsaturated/α-hetero) is 1. The number of benzene rings is 2. The van der Waals surface area contributed by atoms with Gasteiger partial charge in [0.1, 0.15) is 0 Å². The molecule has 7 heteroatoms. The largest absolute Gasteiger partial charge is 0.328 e. The minimum Gasteiger partial charge on any atom is -0.328 e. The van der Waals surface area contributed by atoms with Gasteiger partial charge < -0.3 is 9.47 Å². The lowest BCUT2D eigenvalue weighted by atomic mass is 10.1. The Labute approximate surface area is 186 Å². The predicted octanol–water partition coefficient (Wildman–Crippen LogP) is 4.56. The molecular formula is C24H26N4O2S. The average Bonchev–Trinajstić information content (AvgIpc) is 3.44. The molecule has 0 radical (unpaired) electrons. The van der Waals surface area contributed by atoms with E-state index in [0.717, 1.165) is 29.4 Å². The maximum absolute atomic E-state index is 13.1. The summed E-state index contributed by atoms with van der Waals surface area (Å²) in [7, 11) is 0. The van der Waals surface area contributed by atoms with Gasteiger partial charge in [-0.05, 0) is 38.8 Å². The molecule has 2 aromatic carbocycles. The van der Waals surface area contributed by atoms with Gasteiger partial charge in [0.15, 0.2) is 16.8 Å². The highest BCUT2D eigenvalue weighted by atomic mass is 32.2. The molecule has 1 saturated heterocycles. The van der Waals surface area contributed by atoms with Gasteiger partial charge in [0.25, 0.3) is 5.91 Å². The quantitative estimate of drug-likeness (QED) is 0.403. The highest BCUT2D eigenvalue weighted by Gasteiger charge is 2.34. The number of rotatable bonds is 7. The van der Waals surface area contributed by atoms with Gasteiger partial charge in [0, 0.05) is 24.2 Å². The number of carbonyl (C=O) groups excluding carboxylic acids is 2. The zero-order valence-corrected chi connectivity index (χ0v) is 18.6. The molecule has 4 rings (SSSR count). The number of carbonyl (C=O) groups is 2. The van der Waals surface area contributed by atoms with Gasteiger partial charge in [0.05, 0.1) is 11.8 Å². The van der Waals surface area contributed by atoms with Crippen molar-refractivity contribution in [2.24, 2.45) is 0 Å². The van der Waals surface area contributed by atoms with Gasteiger partial charge in [-0.3, -0.25) is 9.59 Å². The normalized spacial score (nSPS) is 15.9. The highest BCUT2D eigenvalue weighted by Crippen LogP contribution is 2.34. The first-order valence-corrected chi connectivity index (χ1v) is 11.6. The molecule has 1 atom stereocenters. The van der Waals surface area contributed by atoms with Gasteiger partial charge in [-0.2, -0.15) is 0 Å². The van der Waals surface area contributed by atoms with Gasteiger partial charge in [-0.15, -0.1) is 10.2 Å². The zero-order valence-electron chi connectivity index (χ0n) is 17.8. The second-order valence-electron chi connectivity index (χ2n) is 7.69. The molecule has 0 N–H and O–H groups in total. The van der Waals surface area contributed by atoms with Crippen molar-refractivity contribution in [1.29, 1.82) is 0 Å². The Kier molecular flexibility index (Phi) is 6.51. The van der Waals surface area contributed by atoms with E-state index < -0.39 is 0 Å². The van der Waals surface area contributed by atoms with Gasteiger partial charge >= 0.3 is 0 Å². The molecule has 6 nitrogen and oxygen atoms in total. The number of ketones is 1. The Balaban J connectivity index is 1.51. The minimum absolute atomic E-state index is 0.0293. The van der Waals surface area contributed by atoms with Crippen LogP contribution in [0.4, 0.5) is 0 Å². The van der Waals surface area contributed by atoms with E-state index in [1.54, 1.807) is 0 Å². The van der Waals surface area contributed by atoms with E-state index in [9.17, 15) is 9.59 Å². The lowest BCUT2D eigenvalue weighted by Gasteiger charge is -2.24. The maximum atomic E-state index is 13.1. The van der Waals surface area contributed by atoms with Crippen LogP contribution in [0.15, 0.2) is 59.8 Å². The maximum Gasteiger partial charge on any atom is 0.254 e. The van der Waals surface area contributed by atoms with Crippen molar-refractivity contribution < 1.29 is 9.59 Å². The van der Waals surface area contributed by atoms with Crippen molar-refractivity contribution in [3.05, 3.63) is 77.1 Å². The van der Waals surface area contributed by atoms with E-state index in [1.165, 1.54) is 11.8 Å². The van der Waals surface area contributed by atoms with Crippen molar-refractivity contribution in [3.8, 4) is 0 Å². The SMILES string of the molecule is CCn1c(SCC(=O)c2ccccc2)nnc1C1CCCN1C(=O)c1ccc(C)cc1. The van der Waals surface area contributed by atoms with E-state index in [0.29, 0.717) is 30.0 Å². The first-order valence-electron chi connectivity index (χ1n) is 10.6. The number of hydrogen-bond acceptors (Lipinski definition) is 5. The molecule has 0 bridgehead atoms. The molecule has 0 saturated carbocycles. The Morgan fingerprint density at radius 3 is 2.48 bits per heavy atom. The number of hydrogen-bond donors (Lipinski definition) is 0. The van der Waals surface area contributed by atoms with Crippen LogP contribution in [-0.4, -0.2) is 43.7 Å². The number of thioether (sulfide) groups is 1. The molecule has 1 aliphatic rings. The summed E-state index contributed by atoms with van der Waals surface area (Å²) < 4.78 is 2.04. The van der Waals surface area contributed by atoms with E-state index >= 15 is 0 Å². The van der Waals surface area contributed by atoms with Crippen LogP contribution < -0.4 is 0 Å². The smallest absolute Gasteiger partial charge is 0.254 e. The molecular weight excluding hydrogens is 408 g/mol. The predicted molar refractivity (Wildman–Crippen MR) is 121 cm³/mol. The summed E-state index contributed by atoms with van der Waals surface area (Å²) in [6.07, 6.45) is 1.80. The fourth-order valence-electron chi connectivity index (χ4n) is 3.93. The van der Waals surface area contributed by atoms with E-state index in [2.05, 4.69) is 10.2 Å². The molecule has 2 heterocycles. The number of aryl methyl sites for hydroxylation is 1. The van der Waals surface area contributed by atoms with E-state index in [4.69, 9.17) is 0 Å². The van der Waals surface area contributed by atoms with Gasteiger partial charge in [-0.25, -0.2) is 0 Å². The monoisotopic (exact) mass is 434 g/mol. The van der Waals surface area contributed by atoms with Crippen LogP contribution >= 0.6 is 11.8 Å². The summed E-state index contributed by atoms with van der Waals surface area (Å²) in [5, 5.41) is 9.53. The number of amides is 1. The zero-order chi connectivity index (χ0) is 21.8. The van der Waals surface area contributed by atoms with Gasteiger partial charge in [0.2, 0.25) is 0 Å². The molecule has 1 fully saturated rings. The number of aromatic nitrogens is 3. The minimum atomic E-state index is -0.0968. The Morgan fingerprint density at radius 1 is 1.03 bits per heavy atom. The summed E-state index contributed by atoms with van der Waals surface area (Å²) in [5.74, 6) is 1.20. The second kappa shape index (κ2) is 9.47. The average molecular weight is 435 g/mol. The fraction of sp³-hybridized carbons (Fsp3) is 0.333. The summed E-state index contributed by atoms with van der Waals surface area (Å²) in [6, 6.07) is 16.9. The molecule has 1 unspecified atom stereocenters. The molecule has 0 aliphatic carbocycles. The Hall–Kier alpha value is -2.93. The molecule has 0 spiro atoms. The number of nitrogens with zero attached hydrogens (tertiary/aromatic N) is 4. The lowest BCUT2D eigenvalue weighted by molar-refractivity contribution is 0.0726. The van der Waals surface area contributed by atoms with E-state index in [1.807, 2.05) is 77.9 Å². The van der Waals surface area contributed by atoms with Crippen molar-refractivity contribution >= 4 is 23.5 Å². The molecule has 31 heavy (non-hydrogen) atoms. The van der Waals surface area contributed by atoms with E-state index in [-0.39, 0.29) is 17.7 Å². The van der Waals surface area contributed by atoms with Crippen LogP contribution in [0.1, 0.15) is 57.9 Å². The van der Waals surface area contributed by atoms with Crippen molar-refractivity contribution in [2.45, 2.75) is 44.4 Å². The molecule has 160 valence electrons. The Morgan fingerprint density at radius 2 is 1.77 bits per heavy atom. The van der Waals surface area contributed by atoms with Crippen LogP contribution in [0.2, 0.25) is 0 Å². The summed E-state index contributed by atoms with van der Waals surface area (Å²) >= 11 is 1.40. The van der Waals surface area contributed by atoms with Crippen LogP contribution in [0, 0.1) is 6.92 Å². The van der Waals surface area contributed by atoms with Crippen molar-refractivity contribution in [1.82, 2.24) is 19.7 Å². The highest BCUT2D eigenvalue weighted by molar-refractivity contribution is 7.99. The molecule has 3 aromatic rings. The molecule has 1 aromatic heterocycles. The van der Waals surface area contributed by atoms with Crippen molar-refractivity contribution in [3.63, 3.8) is 0 Å². The third-order valence-corrected chi connectivity index (χ3v) is 6.57. The first-order chi connectivity index (χ1) is 15.1. The summed E-state index contributed by atoms with van der Waals surface area (Å²) in [5.41, 5.74) is 2.53. The lowest BCUT2D eigenvalue weighted by Crippen LogP contribution is -2.32. The summed E-state index contributed by atoms with van der Waals surface area (Å²) in [6.45, 7) is 5.45. The van der Waals surface area contributed by atoms with Crippen LogP contribution in [0.25, 0.3) is 0 Å². The van der Waals surface area contributed by atoms with Crippen LogP contribution in [0.3, 0.4) is 0 Å². The Bertz CT molecular complexity index is 1060. The number of likely N-dealkylation sites (tertiary alicyclic amines) is 1.